The normalized spacial score (nSPS) is 12.1. The summed E-state index contributed by atoms with van der Waals surface area (Å²) in [4.78, 5) is 12.3. The summed E-state index contributed by atoms with van der Waals surface area (Å²) in [6.07, 6.45) is 0.954. The van der Waals surface area contributed by atoms with Crippen molar-refractivity contribution >= 4 is 5.78 Å². The molecule has 0 spiro atoms. The van der Waals surface area contributed by atoms with Crippen molar-refractivity contribution in [2.24, 2.45) is 0 Å². The van der Waals surface area contributed by atoms with Gasteiger partial charge in [0.05, 0.1) is 6.04 Å². The highest BCUT2D eigenvalue weighted by Crippen LogP contribution is 2.10. The van der Waals surface area contributed by atoms with E-state index in [1.165, 1.54) is 11.6 Å². The van der Waals surface area contributed by atoms with Gasteiger partial charge in [-0.1, -0.05) is 49.4 Å². The van der Waals surface area contributed by atoms with Crippen LogP contribution in [0.1, 0.15) is 35.3 Å². The van der Waals surface area contributed by atoms with E-state index in [2.05, 4.69) is 12.2 Å². The van der Waals surface area contributed by atoms with Crippen LogP contribution in [0.4, 0.5) is 4.39 Å². The number of hydrogen-bond acceptors (Lipinski definition) is 2. The standard InChI is InChI=1S/C18H20FNO/c1-3-14-8-10-15(11-9-14)18(21)13(2)20-12-16-6-4-5-7-17(16)19/h4-11,13,20H,3,12H2,1-2H3. The number of carbonyl (C=O) groups excluding carboxylic acids is 1. The average molecular weight is 285 g/mol. The van der Waals surface area contributed by atoms with E-state index in [9.17, 15) is 9.18 Å². The molecule has 21 heavy (non-hydrogen) atoms. The summed E-state index contributed by atoms with van der Waals surface area (Å²) in [6, 6.07) is 13.9. The van der Waals surface area contributed by atoms with Gasteiger partial charge >= 0.3 is 0 Å². The minimum atomic E-state index is -0.350. The molecule has 0 saturated heterocycles. The SMILES string of the molecule is CCc1ccc(C(=O)C(C)NCc2ccccc2F)cc1. The summed E-state index contributed by atoms with van der Waals surface area (Å²) in [6.45, 7) is 4.22. The van der Waals surface area contributed by atoms with E-state index in [-0.39, 0.29) is 17.6 Å². The first-order valence-corrected chi connectivity index (χ1v) is 7.21. The minimum Gasteiger partial charge on any atom is -0.303 e. The summed E-state index contributed by atoms with van der Waals surface area (Å²) in [5, 5.41) is 3.08. The zero-order valence-electron chi connectivity index (χ0n) is 12.4. The van der Waals surface area contributed by atoms with Crippen LogP contribution < -0.4 is 5.32 Å². The molecule has 0 aliphatic carbocycles. The lowest BCUT2D eigenvalue weighted by molar-refractivity contribution is 0.0950. The van der Waals surface area contributed by atoms with Crippen LogP contribution in [0.5, 0.6) is 0 Å². The first-order valence-electron chi connectivity index (χ1n) is 7.21. The van der Waals surface area contributed by atoms with Gasteiger partial charge in [-0.15, -0.1) is 0 Å². The molecular formula is C18H20FNO. The fourth-order valence-corrected chi connectivity index (χ4v) is 2.15. The molecule has 0 fully saturated rings. The molecule has 2 nitrogen and oxygen atoms in total. The Morgan fingerprint density at radius 1 is 1.14 bits per heavy atom. The highest BCUT2D eigenvalue weighted by Gasteiger charge is 2.15. The van der Waals surface area contributed by atoms with Crippen LogP contribution in [0, 0.1) is 5.82 Å². The molecule has 1 atom stereocenters. The Balaban J connectivity index is 1.97. The first-order chi connectivity index (χ1) is 10.1. The van der Waals surface area contributed by atoms with Crippen LogP contribution in [0.15, 0.2) is 48.5 Å². The number of hydrogen-bond donors (Lipinski definition) is 1. The predicted octanol–water partition coefficient (Wildman–Crippen LogP) is 3.75. The summed E-state index contributed by atoms with van der Waals surface area (Å²) in [5.41, 5.74) is 2.46. The summed E-state index contributed by atoms with van der Waals surface area (Å²) >= 11 is 0. The third-order valence-electron chi connectivity index (χ3n) is 3.60. The Morgan fingerprint density at radius 3 is 2.43 bits per heavy atom. The number of ketones is 1. The Bertz CT molecular complexity index is 607. The van der Waals surface area contributed by atoms with Crippen molar-refractivity contribution in [2.75, 3.05) is 0 Å². The molecular weight excluding hydrogens is 265 g/mol. The van der Waals surface area contributed by atoms with E-state index in [0.717, 1.165) is 6.42 Å². The van der Waals surface area contributed by atoms with Crippen LogP contribution in [0.2, 0.25) is 0 Å². The average Bonchev–Trinajstić information content (AvgIpc) is 2.53. The number of benzene rings is 2. The Labute approximate surface area is 125 Å². The van der Waals surface area contributed by atoms with Crippen molar-refractivity contribution in [3.63, 3.8) is 0 Å². The quantitative estimate of drug-likeness (QED) is 0.819. The van der Waals surface area contributed by atoms with Crippen molar-refractivity contribution in [2.45, 2.75) is 32.9 Å². The maximum Gasteiger partial charge on any atom is 0.179 e. The molecule has 0 amide bonds. The topological polar surface area (TPSA) is 29.1 Å². The second-order valence-corrected chi connectivity index (χ2v) is 5.11. The van der Waals surface area contributed by atoms with Crippen LogP contribution in [0.25, 0.3) is 0 Å². The molecule has 0 aromatic heterocycles. The van der Waals surface area contributed by atoms with Crippen LogP contribution >= 0.6 is 0 Å². The van der Waals surface area contributed by atoms with Gasteiger partial charge in [0, 0.05) is 17.7 Å². The molecule has 0 aliphatic rings. The third-order valence-corrected chi connectivity index (χ3v) is 3.60. The number of Topliss-reactive ketones (excluding diaryl/α,β-unsaturated/α-hetero) is 1. The molecule has 2 aromatic carbocycles. The van der Waals surface area contributed by atoms with Gasteiger partial charge in [-0.25, -0.2) is 4.39 Å². The number of carbonyl (C=O) groups is 1. The lowest BCUT2D eigenvalue weighted by atomic mass is 10.0. The Morgan fingerprint density at radius 2 is 1.81 bits per heavy atom. The van der Waals surface area contributed by atoms with Crippen LogP contribution in [-0.4, -0.2) is 11.8 Å². The Kier molecular flexibility index (Phi) is 5.23. The second-order valence-electron chi connectivity index (χ2n) is 5.11. The molecule has 2 rings (SSSR count). The van der Waals surface area contributed by atoms with E-state index >= 15 is 0 Å². The van der Waals surface area contributed by atoms with E-state index in [0.29, 0.717) is 17.7 Å². The van der Waals surface area contributed by atoms with Crippen molar-refractivity contribution < 1.29 is 9.18 Å². The first kappa shape index (κ1) is 15.4. The fourth-order valence-electron chi connectivity index (χ4n) is 2.15. The smallest absolute Gasteiger partial charge is 0.179 e. The summed E-state index contributed by atoms with van der Waals surface area (Å²) in [5.74, 6) is -0.231. The maximum atomic E-state index is 13.5. The summed E-state index contributed by atoms with van der Waals surface area (Å²) in [7, 11) is 0. The molecule has 3 heteroatoms. The molecule has 0 saturated carbocycles. The molecule has 0 bridgehead atoms. The lowest BCUT2D eigenvalue weighted by Crippen LogP contribution is -2.33. The van der Waals surface area contributed by atoms with Gasteiger partial charge in [-0.05, 0) is 25.0 Å². The van der Waals surface area contributed by atoms with Crippen molar-refractivity contribution in [1.82, 2.24) is 5.32 Å². The predicted molar refractivity (Wildman–Crippen MR) is 82.9 cm³/mol. The van der Waals surface area contributed by atoms with E-state index in [1.807, 2.05) is 24.3 Å². The summed E-state index contributed by atoms with van der Waals surface area (Å²) < 4.78 is 13.5. The molecule has 1 N–H and O–H groups in total. The van der Waals surface area contributed by atoms with Gasteiger partial charge in [0.15, 0.2) is 5.78 Å². The number of nitrogens with one attached hydrogen (secondary N) is 1. The molecule has 110 valence electrons. The molecule has 1 unspecified atom stereocenters. The van der Waals surface area contributed by atoms with Gasteiger partial charge in [-0.2, -0.15) is 0 Å². The minimum absolute atomic E-state index is 0.0222. The third kappa shape index (κ3) is 3.99. The van der Waals surface area contributed by atoms with E-state index in [1.54, 1.807) is 25.1 Å². The number of rotatable bonds is 6. The number of aryl methyl sites for hydroxylation is 1. The zero-order valence-corrected chi connectivity index (χ0v) is 12.4. The van der Waals surface area contributed by atoms with E-state index in [4.69, 9.17) is 0 Å². The van der Waals surface area contributed by atoms with Gasteiger partial charge in [0.2, 0.25) is 0 Å². The molecule has 0 heterocycles. The van der Waals surface area contributed by atoms with Crippen LogP contribution in [0.3, 0.4) is 0 Å². The van der Waals surface area contributed by atoms with Gasteiger partial charge < -0.3 is 5.32 Å². The van der Waals surface area contributed by atoms with Crippen molar-refractivity contribution in [1.29, 1.82) is 0 Å². The molecule has 0 aliphatic heterocycles. The van der Waals surface area contributed by atoms with Crippen LogP contribution in [-0.2, 0) is 13.0 Å². The largest absolute Gasteiger partial charge is 0.303 e. The Hall–Kier alpha value is -2.00. The van der Waals surface area contributed by atoms with Gasteiger partial charge in [0.1, 0.15) is 5.82 Å². The fraction of sp³-hybridized carbons (Fsp3) is 0.278. The second kappa shape index (κ2) is 7.14. The number of halogens is 1. The van der Waals surface area contributed by atoms with Crippen molar-refractivity contribution in [3.8, 4) is 0 Å². The molecule has 2 aromatic rings. The lowest BCUT2D eigenvalue weighted by Gasteiger charge is -2.13. The highest BCUT2D eigenvalue weighted by molar-refractivity contribution is 5.99. The highest BCUT2D eigenvalue weighted by atomic mass is 19.1. The van der Waals surface area contributed by atoms with Crippen molar-refractivity contribution in [3.05, 3.63) is 71.0 Å². The van der Waals surface area contributed by atoms with E-state index < -0.39 is 0 Å². The maximum absolute atomic E-state index is 13.5. The van der Waals surface area contributed by atoms with Gasteiger partial charge in [-0.3, -0.25) is 4.79 Å². The van der Waals surface area contributed by atoms with Gasteiger partial charge in [0.25, 0.3) is 0 Å². The molecule has 0 radical (unpaired) electrons. The monoisotopic (exact) mass is 285 g/mol. The zero-order chi connectivity index (χ0) is 15.2.